The van der Waals surface area contributed by atoms with E-state index >= 15 is 0 Å². The van der Waals surface area contributed by atoms with Crippen LogP contribution in [0.5, 0.6) is 0 Å². The minimum absolute atomic E-state index is 0.219. The van der Waals surface area contributed by atoms with Gasteiger partial charge in [0, 0.05) is 46.5 Å². The van der Waals surface area contributed by atoms with E-state index in [9.17, 15) is 40.3 Å². The second kappa shape index (κ2) is 9.15. The second-order valence-electron chi connectivity index (χ2n) is 7.66. The molecule has 0 aliphatic carbocycles. The first-order valence-corrected chi connectivity index (χ1v) is 9.93. The summed E-state index contributed by atoms with van der Waals surface area (Å²) >= 11 is 0. The number of alkyl halides is 6. The third-order valence-corrected chi connectivity index (χ3v) is 5.52. The fraction of sp³-hybridized carbons (Fsp3) is 0.364. The van der Waals surface area contributed by atoms with Gasteiger partial charge in [0.25, 0.3) is 5.56 Å². The Bertz CT molecular complexity index is 1260. The zero-order valence-electron chi connectivity index (χ0n) is 17.9. The van der Waals surface area contributed by atoms with Crippen molar-refractivity contribution in [3.05, 3.63) is 58.4 Å². The Morgan fingerprint density at radius 3 is 2.29 bits per heavy atom. The van der Waals surface area contributed by atoms with E-state index in [1.807, 2.05) is 0 Å². The van der Waals surface area contributed by atoms with Gasteiger partial charge in [-0.15, -0.1) is 0 Å². The van der Waals surface area contributed by atoms with Crippen molar-refractivity contribution in [3.63, 3.8) is 0 Å². The third kappa shape index (κ3) is 5.10. The lowest BCUT2D eigenvalue weighted by molar-refractivity contribution is -0.286. The maximum absolute atomic E-state index is 14.0. The molecule has 0 fully saturated rings. The lowest BCUT2D eigenvalue weighted by Crippen LogP contribution is -2.37. The van der Waals surface area contributed by atoms with Crippen LogP contribution in [0.2, 0.25) is 0 Å². The lowest BCUT2D eigenvalue weighted by atomic mass is 10.0. The second-order valence-corrected chi connectivity index (χ2v) is 7.66. The van der Waals surface area contributed by atoms with Crippen LogP contribution in [-0.4, -0.2) is 34.6 Å². The molecule has 0 aliphatic heterocycles. The van der Waals surface area contributed by atoms with Gasteiger partial charge < -0.3 is 13.9 Å². The maximum Gasteiger partial charge on any atom is 0.400 e. The van der Waals surface area contributed by atoms with Crippen molar-refractivity contribution in [1.29, 1.82) is 0 Å². The number of carbonyl (C=O) groups is 1. The first-order chi connectivity index (χ1) is 15.7. The van der Waals surface area contributed by atoms with Crippen LogP contribution in [0.1, 0.15) is 12.1 Å². The van der Waals surface area contributed by atoms with Crippen molar-refractivity contribution in [3.8, 4) is 11.1 Å². The molecule has 0 spiro atoms. The van der Waals surface area contributed by atoms with Gasteiger partial charge in [0.05, 0.1) is 7.11 Å². The molecule has 3 aromatic rings. The molecule has 0 aliphatic rings. The molecule has 34 heavy (non-hydrogen) atoms. The molecular formula is C22H19F7N2O3. The van der Waals surface area contributed by atoms with E-state index in [1.54, 1.807) is 6.92 Å². The Morgan fingerprint density at radius 1 is 1.06 bits per heavy atom. The van der Waals surface area contributed by atoms with E-state index in [0.29, 0.717) is 22.2 Å². The summed E-state index contributed by atoms with van der Waals surface area (Å²) in [4.78, 5) is 24.0. The van der Waals surface area contributed by atoms with E-state index in [1.165, 1.54) is 35.9 Å². The standard InChI is InChI=1S/C22H19F7N2O3/c1-12-20(15-9-14(23)4-5-16(15)31(12)11-19(33)34-2)13-3-6-18(32)30(10-13)8-7-17(21(24,25)26)22(27,28)29/h3-6,9-10,17H,7-8,11H2,1-2H3. The zero-order valence-corrected chi connectivity index (χ0v) is 17.9. The molecule has 184 valence electrons. The van der Waals surface area contributed by atoms with E-state index < -0.39 is 48.6 Å². The van der Waals surface area contributed by atoms with Crippen molar-refractivity contribution in [2.75, 3.05) is 7.11 Å². The summed E-state index contributed by atoms with van der Waals surface area (Å²) in [6.07, 6.45) is -11.3. The molecule has 0 unspecified atom stereocenters. The highest BCUT2D eigenvalue weighted by atomic mass is 19.4. The summed E-state index contributed by atoms with van der Waals surface area (Å²) < 4.78 is 98.3. The number of pyridine rings is 1. The Labute approximate surface area is 188 Å². The molecule has 0 N–H and O–H groups in total. The van der Waals surface area contributed by atoms with E-state index in [4.69, 9.17) is 0 Å². The number of halogens is 7. The predicted octanol–water partition coefficient (Wildman–Crippen LogP) is 5.22. The van der Waals surface area contributed by atoms with Gasteiger partial charge in [0.15, 0.2) is 5.92 Å². The summed E-state index contributed by atoms with van der Waals surface area (Å²) in [7, 11) is 1.19. The number of fused-ring (bicyclic) bond motifs is 1. The molecule has 1 aromatic carbocycles. The Balaban J connectivity index is 2.08. The van der Waals surface area contributed by atoms with E-state index in [2.05, 4.69) is 4.74 Å². The lowest BCUT2D eigenvalue weighted by Gasteiger charge is -2.23. The largest absolute Gasteiger partial charge is 0.468 e. The smallest absolute Gasteiger partial charge is 0.400 e. The van der Waals surface area contributed by atoms with Crippen molar-refractivity contribution >= 4 is 16.9 Å². The molecule has 0 saturated heterocycles. The van der Waals surface area contributed by atoms with Crippen LogP contribution in [0.25, 0.3) is 22.0 Å². The van der Waals surface area contributed by atoms with Gasteiger partial charge in [0.1, 0.15) is 12.4 Å². The molecule has 0 radical (unpaired) electrons. The Hall–Kier alpha value is -3.31. The van der Waals surface area contributed by atoms with E-state index in [-0.39, 0.29) is 12.1 Å². The summed E-state index contributed by atoms with van der Waals surface area (Å²) in [6, 6.07) is 6.13. The van der Waals surface area contributed by atoms with Gasteiger partial charge in [-0.05, 0) is 37.6 Å². The van der Waals surface area contributed by atoms with Crippen LogP contribution in [-0.2, 0) is 22.6 Å². The number of ether oxygens (including phenoxy) is 1. The van der Waals surface area contributed by atoms with Crippen molar-refractivity contribution in [2.45, 2.75) is 38.8 Å². The average Bonchev–Trinajstić information content (AvgIpc) is 2.98. The minimum Gasteiger partial charge on any atom is -0.468 e. The maximum atomic E-state index is 14.0. The normalized spacial score (nSPS) is 12.5. The highest BCUT2D eigenvalue weighted by Gasteiger charge is 2.55. The molecule has 0 amide bonds. The van der Waals surface area contributed by atoms with Crippen molar-refractivity contribution in [1.82, 2.24) is 9.13 Å². The van der Waals surface area contributed by atoms with Gasteiger partial charge in [-0.2, -0.15) is 26.3 Å². The molecule has 2 aromatic heterocycles. The number of aromatic nitrogens is 2. The number of hydrogen-bond acceptors (Lipinski definition) is 3. The monoisotopic (exact) mass is 492 g/mol. The number of hydrogen-bond donors (Lipinski definition) is 0. The molecule has 12 heteroatoms. The number of nitrogens with zero attached hydrogens (tertiary/aromatic N) is 2. The van der Waals surface area contributed by atoms with Gasteiger partial charge in [0.2, 0.25) is 0 Å². The van der Waals surface area contributed by atoms with E-state index in [0.717, 1.165) is 16.8 Å². The number of methoxy groups -OCH3 is 1. The van der Waals surface area contributed by atoms with Crippen molar-refractivity contribution in [2.24, 2.45) is 5.92 Å². The highest BCUT2D eigenvalue weighted by molar-refractivity contribution is 5.98. The zero-order chi connectivity index (χ0) is 25.4. The van der Waals surface area contributed by atoms with Crippen molar-refractivity contribution < 1.29 is 40.3 Å². The van der Waals surface area contributed by atoms with Crippen LogP contribution < -0.4 is 5.56 Å². The van der Waals surface area contributed by atoms with Crippen LogP contribution in [0, 0.1) is 18.7 Å². The number of esters is 1. The molecule has 0 bridgehead atoms. The fourth-order valence-corrected chi connectivity index (χ4v) is 3.85. The average molecular weight is 492 g/mol. The van der Waals surface area contributed by atoms with Gasteiger partial charge in [-0.1, -0.05) is 0 Å². The Kier molecular flexibility index (Phi) is 6.81. The van der Waals surface area contributed by atoms with Gasteiger partial charge in [-0.3, -0.25) is 9.59 Å². The molecule has 5 nitrogen and oxygen atoms in total. The summed E-state index contributed by atoms with van der Waals surface area (Å²) in [5.74, 6) is -4.78. The molecule has 0 atom stereocenters. The highest BCUT2D eigenvalue weighted by Crippen LogP contribution is 2.41. The number of aryl methyl sites for hydroxylation is 1. The van der Waals surface area contributed by atoms with Gasteiger partial charge >= 0.3 is 18.3 Å². The molecule has 2 heterocycles. The Morgan fingerprint density at radius 2 is 1.71 bits per heavy atom. The first kappa shape index (κ1) is 25.3. The third-order valence-electron chi connectivity index (χ3n) is 5.52. The molecule has 0 saturated carbocycles. The minimum atomic E-state index is -5.52. The summed E-state index contributed by atoms with van der Waals surface area (Å²) in [5, 5.41) is 0.343. The summed E-state index contributed by atoms with van der Waals surface area (Å²) in [5.41, 5.74) is 0.738. The predicted molar refractivity (Wildman–Crippen MR) is 109 cm³/mol. The number of rotatable bonds is 6. The van der Waals surface area contributed by atoms with Gasteiger partial charge in [-0.25, -0.2) is 4.39 Å². The molecule has 3 rings (SSSR count). The quantitative estimate of drug-likeness (QED) is 0.350. The number of benzene rings is 1. The van der Waals surface area contributed by atoms with Crippen LogP contribution in [0.3, 0.4) is 0 Å². The fourth-order valence-electron chi connectivity index (χ4n) is 3.85. The topological polar surface area (TPSA) is 53.2 Å². The summed E-state index contributed by atoms with van der Waals surface area (Å²) in [6.45, 7) is 0.544. The van der Waals surface area contributed by atoms with Crippen LogP contribution in [0.4, 0.5) is 30.7 Å². The van der Waals surface area contributed by atoms with Crippen LogP contribution >= 0.6 is 0 Å². The SMILES string of the molecule is COC(=O)Cn1c(C)c(-c2ccc(=O)n(CCC(C(F)(F)F)C(F)(F)F)c2)c2cc(F)ccc21. The first-order valence-electron chi connectivity index (χ1n) is 9.93. The van der Waals surface area contributed by atoms with Crippen LogP contribution in [0.15, 0.2) is 41.3 Å². The number of carbonyl (C=O) groups excluding carboxylic acids is 1. The molecular weight excluding hydrogens is 473 g/mol.